The third-order valence-electron chi connectivity index (χ3n) is 5.35. The molecule has 0 saturated heterocycles. The molecule has 1 heterocycles. The molecule has 3 aromatic carbocycles. The minimum Gasteiger partial charge on any atom is -0.467 e. The molecule has 0 radical (unpaired) electrons. The molecule has 0 fully saturated rings. The smallest absolute Gasteiger partial charge is 0.338 e. The SMILES string of the molecule is COC(=O)[C@@]1(Cc2ccccc2C)N=C(c2ccccc2)O[C@H]1c1ccccc1. The van der Waals surface area contributed by atoms with E-state index in [1.807, 2.05) is 91.9 Å². The normalized spacial score (nSPS) is 20.6. The van der Waals surface area contributed by atoms with Gasteiger partial charge in [-0.25, -0.2) is 9.79 Å². The molecule has 0 spiro atoms. The lowest BCUT2D eigenvalue weighted by Crippen LogP contribution is -2.44. The zero-order valence-electron chi connectivity index (χ0n) is 16.5. The lowest BCUT2D eigenvalue weighted by atomic mass is 9.82. The highest BCUT2D eigenvalue weighted by Gasteiger charge is 2.54. The third-order valence-corrected chi connectivity index (χ3v) is 5.35. The summed E-state index contributed by atoms with van der Waals surface area (Å²) in [6.07, 6.45) is -0.187. The number of carbonyl (C=O) groups excluding carboxylic acids is 1. The number of aliphatic imine (C=N–C) groups is 1. The second-order valence-electron chi connectivity index (χ2n) is 7.21. The zero-order chi connectivity index (χ0) is 20.3. The topological polar surface area (TPSA) is 47.9 Å². The van der Waals surface area contributed by atoms with E-state index in [1.54, 1.807) is 0 Å². The molecular formula is C25H23NO3. The van der Waals surface area contributed by atoms with Crippen molar-refractivity contribution in [2.24, 2.45) is 4.99 Å². The summed E-state index contributed by atoms with van der Waals surface area (Å²) in [4.78, 5) is 18.1. The number of ether oxygens (including phenoxy) is 2. The fourth-order valence-corrected chi connectivity index (χ4v) is 3.79. The van der Waals surface area contributed by atoms with E-state index in [4.69, 9.17) is 14.5 Å². The minimum absolute atomic E-state index is 0.391. The maximum Gasteiger partial charge on any atom is 0.338 e. The fraction of sp³-hybridized carbons (Fsp3) is 0.200. The number of esters is 1. The first-order chi connectivity index (χ1) is 14.1. The Morgan fingerprint density at radius 1 is 0.966 bits per heavy atom. The van der Waals surface area contributed by atoms with Crippen molar-refractivity contribution in [1.29, 1.82) is 0 Å². The van der Waals surface area contributed by atoms with Gasteiger partial charge in [0.1, 0.15) is 0 Å². The highest BCUT2D eigenvalue weighted by molar-refractivity contribution is 5.99. The van der Waals surface area contributed by atoms with Crippen molar-refractivity contribution in [3.63, 3.8) is 0 Å². The highest BCUT2D eigenvalue weighted by atomic mass is 16.5. The van der Waals surface area contributed by atoms with Crippen LogP contribution in [0.15, 0.2) is 89.9 Å². The summed E-state index contributed by atoms with van der Waals surface area (Å²) in [5.74, 6) is 0.0546. The van der Waals surface area contributed by atoms with E-state index in [-0.39, 0.29) is 0 Å². The van der Waals surface area contributed by atoms with E-state index >= 15 is 0 Å². The molecule has 4 nitrogen and oxygen atoms in total. The summed E-state index contributed by atoms with van der Waals surface area (Å²) in [5.41, 5.74) is 2.67. The molecule has 146 valence electrons. The van der Waals surface area contributed by atoms with Crippen LogP contribution in [0.1, 0.15) is 28.4 Å². The van der Waals surface area contributed by atoms with Crippen LogP contribution >= 0.6 is 0 Å². The molecule has 4 heteroatoms. The highest BCUT2D eigenvalue weighted by Crippen LogP contribution is 2.43. The van der Waals surface area contributed by atoms with Crippen molar-refractivity contribution in [3.05, 3.63) is 107 Å². The van der Waals surface area contributed by atoms with Gasteiger partial charge in [-0.05, 0) is 35.7 Å². The van der Waals surface area contributed by atoms with Crippen LogP contribution < -0.4 is 0 Å². The Hall–Kier alpha value is -3.40. The molecule has 3 aromatic rings. The number of aryl methyl sites for hydroxylation is 1. The van der Waals surface area contributed by atoms with Crippen LogP contribution in [0.2, 0.25) is 0 Å². The van der Waals surface area contributed by atoms with Gasteiger partial charge in [0.2, 0.25) is 11.4 Å². The second kappa shape index (κ2) is 7.92. The van der Waals surface area contributed by atoms with E-state index in [0.717, 1.165) is 22.3 Å². The van der Waals surface area contributed by atoms with Gasteiger partial charge in [-0.2, -0.15) is 0 Å². The average Bonchev–Trinajstić information content (AvgIpc) is 3.16. The van der Waals surface area contributed by atoms with Gasteiger partial charge in [0.25, 0.3) is 0 Å². The number of carbonyl (C=O) groups is 1. The average molecular weight is 385 g/mol. The Kier molecular flexibility index (Phi) is 5.17. The zero-order valence-corrected chi connectivity index (χ0v) is 16.5. The number of nitrogens with zero attached hydrogens (tertiary/aromatic N) is 1. The Bertz CT molecular complexity index is 1030. The predicted molar refractivity (Wildman–Crippen MR) is 113 cm³/mol. The van der Waals surface area contributed by atoms with Crippen molar-refractivity contribution >= 4 is 11.9 Å². The standard InChI is InChI=1S/C25H23NO3/c1-18-11-9-10-16-21(18)17-25(24(27)28-2)22(19-12-5-3-6-13-19)29-23(26-25)20-14-7-4-8-15-20/h3-16,22H,17H2,1-2H3/t22-,25-/m0/s1. The fourth-order valence-electron chi connectivity index (χ4n) is 3.79. The molecular weight excluding hydrogens is 362 g/mol. The van der Waals surface area contributed by atoms with Crippen LogP contribution in [0.25, 0.3) is 0 Å². The van der Waals surface area contributed by atoms with E-state index in [2.05, 4.69) is 0 Å². The lowest BCUT2D eigenvalue weighted by molar-refractivity contribution is -0.149. The van der Waals surface area contributed by atoms with Crippen molar-refractivity contribution in [2.75, 3.05) is 7.11 Å². The summed E-state index contributed by atoms with van der Waals surface area (Å²) >= 11 is 0. The Morgan fingerprint density at radius 3 is 2.24 bits per heavy atom. The van der Waals surface area contributed by atoms with Crippen molar-refractivity contribution in [2.45, 2.75) is 25.0 Å². The quantitative estimate of drug-likeness (QED) is 0.600. The molecule has 0 aliphatic carbocycles. The molecule has 0 bridgehead atoms. The molecule has 0 N–H and O–H groups in total. The molecule has 1 aliphatic rings. The van der Waals surface area contributed by atoms with E-state index in [1.165, 1.54) is 7.11 Å². The van der Waals surface area contributed by atoms with Gasteiger partial charge in [0, 0.05) is 12.0 Å². The first-order valence-electron chi connectivity index (χ1n) is 9.64. The summed E-state index contributed by atoms with van der Waals surface area (Å²) in [7, 11) is 1.40. The van der Waals surface area contributed by atoms with Gasteiger partial charge in [-0.1, -0.05) is 72.8 Å². The summed E-state index contributed by atoms with van der Waals surface area (Å²) in [6.45, 7) is 2.04. The van der Waals surface area contributed by atoms with Gasteiger partial charge < -0.3 is 9.47 Å². The molecule has 0 unspecified atom stereocenters. The number of methoxy groups -OCH3 is 1. The van der Waals surface area contributed by atoms with Gasteiger partial charge in [0.15, 0.2) is 6.10 Å². The van der Waals surface area contributed by atoms with Crippen LogP contribution in [-0.4, -0.2) is 24.5 Å². The van der Waals surface area contributed by atoms with Crippen LogP contribution in [0.5, 0.6) is 0 Å². The van der Waals surface area contributed by atoms with Crippen molar-refractivity contribution in [3.8, 4) is 0 Å². The summed E-state index contributed by atoms with van der Waals surface area (Å²) < 4.78 is 11.6. The minimum atomic E-state index is -1.20. The van der Waals surface area contributed by atoms with Gasteiger partial charge >= 0.3 is 5.97 Å². The first kappa shape index (κ1) is 18.9. The number of rotatable bonds is 5. The van der Waals surface area contributed by atoms with Gasteiger partial charge in [-0.3, -0.25) is 0 Å². The van der Waals surface area contributed by atoms with Gasteiger partial charge in [0.05, 0.1) is 7.11 Å². The number of hydrogen-bond donors (Lipinski definition) is 0. The van der Waals surface area contributed by atoms with Crippen LogP contribution in [-0.2, 0) is 20.7 Å². The van der Waals surface area contributed by atoms with Crippen LogP contribution in [0, 0.1) is 6.92 Å². The summed E-state index contributed by atoms with van der Waals surface area (Å²) in [5, 5.41) is 0. The number of benzene rings is 3. The molecule has 2 atom stereocenters. The Labute approximate surface area is 170 Å². The van der Waals surface area contributed by atoms with Crippen molar-refractivity contribution in [1.82, 2.24) is 0 Å². The van der Waals surface area contributed by atoms with E-state index < -0.39 is 17.6 Å². The second-order valence-corrected chi connectivity index (χ2v) is 7.21. The molecule has 1 aliphatic heterocycles. The largest absolute Gasteiger partial charge is 0.467 e. The van der Waals surface area contributed by atoms with Crippen LogP contribution in [0.3, 0.4) is 0 Å². The molecule has 0 amide bonds. The van der Waals surface area contributed by atoms with Gasteiger partial charge in [-0.15, -0.1) is 0 Å². The monoisotopic (exact) mass is 385 g/mol. The summed E-state index contributed by atoms with van der Waals surface area (Å²) in [6, 6.07) is 27.4. The maximum atomic E-state index is 13.2. The first-order valence-corrected chi connectivity index (χ1v) is 9.64. The van der Waals surface area contributed by atoms with Crippen LogP contribution in [0.4, 0.5) is 0 Å². The van der Waals surface area contributed by atoms with Crippen molar-refractivity contribution < 1.29 is 14.3 Å². The molecule has 0 aromatic heterocycles. The molecule has 29 heavy (non-hydrogen) atoms. The predicted octanol–water partition coefficient (Wildman–Crippen LogP) is 4.67. The lowest BCUT2D eigenvalue weighted by Gasteiger charge is -2.29. The Balaban J connectivity index is 1.88. The third kappa shape index (κ3) is 3.54. The molecule has 0 saturated carbocycles. The molecule has 4 rings (SSSR count). The number of hydrogen-bond acceptors (Lipinski definition) is 4. The van der Waals surface area contributed by atoms with E-state index in [9.17, 15) is 4.79 Å². The Morgan fingerprint density at radius 2 is 1.59 bits per heavy atom. The van der Waals surface area contributed by atoms with E-state index in [0.29, 0.717) is 12.3 Å². The maximum absolute atomic E-state index is 13.2.